The number of halogens is 2. The summed E-state index contributed by atoms with van der Waals surface area (Å²) in [5, 5.41) is 3.94. The van der Waals surface area contributed by atoms with Crippen molar-refractivity contribution in [3.05, 3.63) is 105 Å². The first-order valence-electron chi connectivity index (χ1n) is 11.4. The number of ether oxygens (including phenoxy) is 1. The second kappa shape index (κ2) is 11.3. The molecule has 0 fully saturated rings. The summed E-state index contributed by atoms with van der Waals surface area (Å²) in [5.41, 5.74) is 1.94. The standard InChI is InChI=1S/C28H24BrFN2O4/c1-36-28(35)26-25(19-6-3-2-4-7-19)23-17-20(29)10-13-22(23)27(34)32(26)15-5-14-31-24(33)16-18-8-11-21(30)12-9-18/h2-4,6-13,17H,5,14-16H2,1H3,(H,31,33). The molecule has 1 aromatic heterocycles. The second-order valence-corrected chi connectivity index (χ2v) is 9.15. The van der Waals surface area contributed by atoms with Gasteiger partial charge in [0.25, 0.3) is 5.56 Å². The molecule has 0 aliphatic heterocycles. The fourth-order valence-corrected chi connectivity index (χ4v) is 4.51. The molecule has 6 nitrogen and oxygen atoms in total. The SMILES string of the molecule is COC(=O)c1c(-c2ccccc2)c2cc(Br)ccc2c(=O)n1CCCNC(=O)Cc1ccc(F)cc1. The molecule has 184 valence electrons. The predicted molar refractivity (Wildman–Crippen MR) is 140 cm³/mol. The molecule has 4 rings (SSSR count). The number of benzene rings is 3. The van der Waals surface area contributed by atoms with E-state index in [0.29, 0.717) is 34.9 Å². The van der Waals surface area contributed by atoms with Crippen molar-refractivity contribution in [3.63, 3.8) is 0 Å². The van der Waals surface area contributed by atoms with Gasteiger partial charge in [-0.1, -0.05) is 58.4 Å². The molecule has 0 atom stereocenters. The van der Waals surface area contributed by atoms with Crippen LogP contribution in [-0.2, 0) is 22.5 Å². The molecule has 0 aliphatic rings. The number of nitrogens with zero attached hydrogens (tertiary/aromatic N) is 1. The molecular formula is C28H24BrFN2O4. The first-order valence-corrected chi connectivity index (χ1v) is 12.2. The van der Waals surface area contributed by atoms with Crippen molar-refractivity contribution < 1.29 is 18.7 Å². The Bertz CT molecular complexity index is 1470. The summed E-state index contributed by atoms with van der Waals surface area (Å²) in [6, 6.07) is 20.5. The normalized spacial score (nSPS) is 10.9. The molecule has 0 radical (unpaired) electrons. The number of hydrogen-bond donors (Lipinski definition) is 1. The smallest absolute Gasteiger partial charge is 0.355 e. The molecule has 1 heterocycles. The summed E-state index contributed by atoms with van der Waals surface area (Å²) in [4.78, 5) is 38.8. The molecule has 0 saturated carbocycles. The van der Waals surface area contributed by atoms with Crippen LogP contribution in [0.1, 0.15) is 22.5 Å². The highest BCUT2D eigenvalue weighted by Crippen LogP contribution is 2.33. The number of carbonyl (C=O) groups is 2. The zero-order valence-electron chi connectivity index (χ0n) is 19.6. The topological polar surface area (TPSA) is 77.4 Å². The van der Waals surface area contributed by atoms with Crippen molar-refractivity contribution in [1.82, 2.24) is 9.88 Å². The maximum absolute atomic E-state index is 13.5. The number of fused-ring (bicyclic) bond motifs is 1. The number of nitrogens with one attached hydrogen (secondary N) is 1. The quantitative estimate of drug-likeness (QED) is 0.244. The van der Waals surface area contributed by atoms with Crippen molar-refractivity contribution in [2.24, 2.45) is 0 Å². The number of hydrogen-bond acceptors (Lipinski definition) is 4. The van der Waals surface area contributed by atoms with E-state index in [-0.39, 0.29) is 35.9 Å². The summed E-state index contributed by atoms with van der Waals surface area (Å²) in [6.45, 7) is 0.498. The van der Waals surface area contributed by atoms with Gasteiger partial charge in [-0.05, 0) is 53.3 Å². The number of esters is 1. The van der Waals surface area contributed by atoms with Crippen LogP contribution in [0.5, 0.6) is 0 Å². The summed E-state index contributed by atoms with van der Waals surface area (Å²) < 4.78 is 20.4. The van der Waals surface area contributed by atoms with Crippen LogP contribution in [0.15, 0.2) is 82.1 Å². The van der Waals surface area contributed by atoms with E-state index in [9.17, 15) is 18.8 Å². The molecule has 1 amide bonds. The monoisotopic (exact) mass is 550 g/mol. The van der Waals surface area contributed by atoms with E-state index < -0.39 is 5.97 Å². The Kier molecular flexibility index (Phi) is 7.95. The van der Waals surface area contributed by atoms with Gasteiger partial charge in [0.15, 0.2) is 0 Å². The number of carbonyl (C=O) groups excluding carboxylic acids is 2. The van der Waals surface area contributed by atoms with Gasteiger partial charge in [-0.25, -0.2) is 9.18 Å². The van der Waals surface area contributed by atoms with Gasteiger partial charge in [-0.2, -0.15) is 0 Å². The summed E-state index contributed by atoms with van der Waals surface area (Å²) in [7, 11) is 1.28. The van der Waals surface area contributed by atoms with E-state index in [2.05, 4.69) is 21.2 Å². The van der Waals surface area contributed by atoms with Gasteiger partial charge < -0.3 is 14.6 Å². The van der Waals surface area contributed by atoms with Gasteiger partial charge in [0, 0.05) is 28.5 Å². The van der Waals surface area contributed by atoms with Crippen LogP contribution < -0.4 is 10.9 Å². The van der Waals surface area contributed by atoms with Crippen LogP contribution >= 0.6 is 15.9 Å². The highest BCUT2D eigenvalue weighted by Gasteiger charge is 2.24. The highest BCUT2D eigenvalue weighted by atomic mass is 79.9. The summed E-state index contributed by atoms with van der Waals surface area (Å²) in [6.07, 6.45) is 0.534. The van der Waals surface area contributed by atoms with Crippen molar-refractivity contribution >= 4 is 38.6 Å². The van der Waals surface area contributed by atoms with Gasteiger partial charge in [0.1, 0.15) is 11.5 Å². The molecule has 4 aromatic rings. The van der Waals surface area contributed by atoms with E-state index in [0.717, 1.165) is 10.0 Å². The van der Waals surface area contributed by atoms with Crippen LogP contribution in [0, 0.1) is 5.82 Å². The number of rotatable bonds is 8. The van der Waals surface area contributed by atoms with Crippen molar-refractivity contribution in [2.45, 2.75) is 19.4 Å². The lowest BCUT2D eigenvalue weighted by atomic mass is 9.96. The Morgan fingerprint density at radius 2 is 1.72 bits per heavy atom. The van der Waals surface area contributed by atoms with Crippen LogP contribution in [0.4, 0.5) is 4.39 Å². The fourth-order valence-electron chi connectivity index (χ4n) is 4.15. The lowest BCUT2D eigenvalue weighted by Gasteiger charge is -2.19. The summed E-state index contributed by atoms with van der Waals surface area (Å²) in [5.74, 6) is -1.19. The fraction of sp³-hybridized carbons (Fsp3) is 0.179. The van der Waals surface area contributed by atoms with Crippen molar-refractivity contribution in [1.29, 1.82) is 0 Å². The Morgan fingerprint density at radius 1 is 1.00 bits per heavy atom. The third-order valence-corrected chi connectivity index (χ3v) is 6.33. The number of methoxy groups -OCH3 is 1. The van der Waals surface area contributed by atoms with Gasteiger partial charge >= 0.3 is 5.97 Å². The average molecular weight is 551 g/mol. The van der Waals surface area contributed by atoms with Gasteiger partial charge in [-0.15, -0.1) is 0 Å². The Balaban J connectivity index is 1.64. The van der Waals surface area contributed by atoms with E-state index in [1.54, 1.807) is 24.3 Å². The maximum Gasteiger partial charge on any atom is 0.355 e. The first-order chi connectivity index (χ1) is 17.4. The minimum atomic E-state index is -0.617. The van der Waals surface area contributed by atoms with Crippen LogP contribution in [0.25, 0.3) is 21.9 Å². The Morgan fingerprint density at radius 3 is 2.42 bits per heavy atom. The first kappa shape index (κ1) is 25.3. The van der Waals surface area contributed by atoms with E-state index >= 15 is 0 Å². The van der Waals surface area contributed by atoms with Gasteiger partial charge in [0.05, 0.1) is 13.5 Å². The minimum Gasteiger partial charge on any atom is -0.464 e. The molecule has 0 spiro atoms. The second-order valence-electron chi connectivity index (χ2n) is 8.23. The van der Waals surface area contributed by atoms with Crippen LogP contribution in [-0.4, -0.2) is 30.1 Å². The third-order valence-electron chi connectivity index (χ3n) is 5.83. The molecule has 0 bridgehead atoms. The summed E-state index contributed by atoms with van der Waals surface area (Å²) >= 11 is 3.47. The predicted octanol–water partition coefficient (Wildman–Crippen LogP) is 5.11. The highest BCUT2D eigenvalue weighted by molar-refractivity contribution is 9.10. The Hall–Kier alpha value is -3.78. The number of pyridine rings is 1. The lowest BCUT2D eigenvalue weighted by Crippen LogP contribution is -2.31. The van der Waals surface area contributed by atoms with E-state index in [1.807, 2.05) is 36.4 Å². The molecule has 3 aromatic carbocycles. The largest absolute Gasteiger partial charge is 0.464 e. The Labute approximate surface area is 215 Å². The number of amides is 1. The third kappa shape index (κ3) is 5.54. The molecule has 0 aliphatic carbocycles. The van der Waals surface area contributed by atoms with Gasteiger partial charge in [0.2, 0.25) is 5.91 Å². The zero-order valence-corrected chi connectivity index (χ0v) is 21.2. The lowest BCUT2D eigenvalue weighted by molar-refractivity contribution is -0.120. The van der Waals surface area contributed by atoms with Crippen molar-refractivity contribution in [3.8, 4) is 11.1 Å². The van der Waals surface area contributed by atoms with E-state index in [1.165, 1.54) is 23.8 Å². The van der Waals surface area contributed by atoms with E-state index in [4.69, 9.17) is 4.74 Å². The number of aromatic nitrogens is 1. The zero-order chi connectivity index (χ0) is 25.7. The molecule has 0 saturated heterocycles. The maximum atomic E-state index is 13.5. The van der Waals surface area contributed by atoms with Gasteiger partial charge in [-0.3, -0.25) is 9.59 Å². The average Bonchev–Trinajstić information content (AvgIpc) is 2.88. The molecule has 0 unspecified atom stereocenters. The molecule has 36 heavy (non-hydrogen) atoms. The van der Waals surface area contributed by atoms with Crippen LogP contribution in [0.3, 0.4) is 0 Å². The van der Waals surface area contributed by atoms with Crippen molar-refractivity contribution in [2.75, 3.05) is 13.7 Å². The minimum absolute atomic E-state index is 0.122. The molecule has 8 heteroatoms. The molecule has 1 N–H and O–H groups in total. The molecular weight excluding hydrogens is 527 g/mol. The van der Waals surface area contributed by atoms with Crippen LogP contribution in [0.2, 0.25) is 0 Å².